The molecule has 47 heteroatoms. The maximum Gasteiger partial charge on any atom is 0.422 e. The summed E-state index contributed by atoms with van der Waals surface area (Å²) in [5, 5.41) is 0. The molecule has 0 radical (unpaired) electrons. The topological polar surface area (TPSA) is 341 Å². The van der Waals surface area contributed by atoms with E-state index in [0.29, 0.717) is 75.5 Å². The first-order valence-electron chi connectivity index (χ1n) is 39.3. The molecule has 0 bridgehead atoms. The molecule has 1 aromatic carbocycles. The molecule has 0 aromatic heterocycles. The Hall–Kier alpha value is -12.7. The van der Waals surface area contributed by atoms with Crippen molar-refractivity contribution in [1.82, 2.24) is 0 Å². The van der Waals surface area contributed by atoms with Crippen molar-refractivity contribution >= 4 is 82.7 Å². The van der Waals surface area contributed by atoms with Crippen LogP contribution in [0, 0.1) is 5.41 Å². The number of carbonyl (C=O) groups excluding carboxylic acids is 14. The van der Waals surface area contributed by atoms with Crippen LogP contribution in [-0.2, 0) is 120 Å². The highest BCUT2D eigenvalue weighted by Gasteiger charge is 2.69. The summed E-state index contributed by atoms with van der Waals surface area (Å²) in [5.41, 5.74) is -4.33. The van der Waals surface area contributed by atoms with Gasteiger partial charge in [-0.2, -0.15) is 93.3 Å². The number of rotatable bonds is 33. The first kappa shape index (κ1) is 172. The first-order chi connectivity index (χ1) is 63.9. The highest BCUT2D eigenvalue weighted by molar-refractivity contribution is 5.94. The van der Waals surface area contributed by atoms with Crippen LogP contribution < -0.4 is 4.74 Å². The predicted molar refractivity (Wildman–Crippen MR) is 494 cm³/mol. The van der Waals surface area contributed by atoms with E-state index >= 15 is 0 Å². The molecule has 1 rings (SSSR count). The third kappa shape index (κ3) is 116. The molecule has 0 saturated carbocycles. The van der Waals surface area contributed by atoms with Gasteiger partial charge < -0.3 is 42.6 Å². The number of carbonyl (C=O) groups is 11. The zero-order chi connectivity index (χ0) is 115. The Balaban J connectivity index is -0.0000000743. The Bertz CT molecular complexity index is 3880. The lowest BCUT2D eigenvalue weighted by Crippen LogP contribution is -2.51. The highest BCUT2D eigenvalue weighted by atomic mass is 19.4. The fourth-order valence-corrected chi connectivity index (χ4v) is 4.41. The third-order valence-electron chi connectivity index (χ3n) is 12.8. The average molecular weight is 2100 g/mol. The smallest absolute Gasteiger partial charge is 0.422 e. The lowest BCUT2D eigenvalue weighted by atomic mass is 9.81. The summed E-state index contributed by atoms with van der Waals surface area (Å²) >= 11 is 0. The largest absolute Gasteiger partial charge is 0.463 e. The summed E-state index contributed by atoms with van der Waals surface area (Å²) in [7, 11) is 0.500. The van der Waals surface area contributed by atoms with E-state index in [2.05, 4.69) is 130 Å². The molecule has 1 unspecified atom stereocenters. The molecular weight excluding hydrogens is 1960 g/mol. The van der Waals surface area contributed by atoms with Gasteiger partial charge in [-0.3, -0.25) is 23.6 Å². The van der Waals surface area contributed by atoms with Gasteiger partial charge in [-0.1, -0.05) is 134 Å². The molecule has 25 nitrogen and oxygen atoms in total. The molecule has 0 spiro atoms. The van der Waals surface area contributed by atoms with E-state index in [9.17, 15) is 150 Å². The van der Waals surface area contributed by atoms with Gasteiger partial charge in [0.05, 0.1) is 71.7 Å². The molecule has 0 fully saturated rings. The minimum Gasteiger partial charge on any atom is -0.463 e. The van der Waals surface area contributed by atoms with Gasteiger partial charge in [-0.25, -0.2) is 47.9 Å². The minimum absolute atomic E-state index is 0. The third-order valence-corrected chi connectivity index (χ3v) is 12.8. The number of hydrogen-bond donors (Lipinski definition) is 0. The number of ether oxygens (including phenoxy) is 9. The molecule has 142 heavy (non-hydrogen) atoms. The molecule has 0 N–H and O–H groups in total. The Morgan fingerprint density at radius 3 is 0.866 bits per heavy atom. The van der Waals surface area contributed by atoms with Crippen molar-refractivity contribution in [2.45, 2.75) is 227 Å². The highest BCUT2D eigenvalue weighted by Crippen LogP contribution is 2.52. The summed E-state index contributed by atoms with van der Waals surface area (Å²) in [6.45, 7) is 70.5. The zero-order valence-electron chi connectivity index (χ0n) is 81.9. The Labute approximate surface area is 816 Å². The SMILES string of the molecule is C.C.C=C(C(=O)OCCC)C(F)(F)F.C=C(C(C)=O)C(F)(F)F.C=C(C)C(=O)OCCC.C=C(C)C(=O)OCCOCC(C)(C(F)(F)F)C(F)(F)F.C=C(C)C(=O)Oc1ccc(C(C)(C(F)(F)F)C(F)(F)F)cc1.C=C(C)C(C)=O.C=C(C)C(C)=O.C=C(F)C(=O)OCCOCCC.C=C=C=O.C=C=C=O.C=C=C=O.C=CC(=O)OCC.C=CC(=O)OCCC.C=CC(C)=O.CCC(C)OF.CCOF.CF. The summed E-state index contributed by atoms with van der Waals surface area (Å²) in [6, 6.07) is 2.99. The standard InChI is InChI=1S/C14H12F6O2.C11H14F6O3.C8H13FO3.C7H9F3O2.C7H12O2.C6H10O2.C5H5F3O.C5H8O2.2C5H8O.C4H9FO.C4H6O.3C3H2O.C2H5FO.CH3F.2CH4/c1-8(2)11(21)22-10-6-4-9(5-7-10)12(3,13(15,16)17)14(18,19)20;1-7(2)8(18)20-5-4-19-6-9(3,10(12,13)14)11(15,16)17;1-3-4-11-5-6-12-8(10)7(2)9;1-3-4-12-6(11)5(2)7(8,9)10;1-4-5-9-7(8)6(2)3;1-3-5-8-6(7)4-2;1-3(4(2)9)5(6,7)8;1-3-5(6)7-4-2;2*1-4(2)5(3)6;1-3-4(2)6-5;1-3-4(2)5;3*1-2-3-4;1-2-4-3;1-2;;/h4-7H,1H2,2-3H3;1,4-6H2,2-3H3;2-6H2,1H3;2-4H2,1H3;2,4-5H2,1,3H3;4H,2-3,5H2,1H3;1H2,2H3;3H,1,4H2,2H3;2*1H2,2-3H3;4H,3H2,1-2H3;3H,1H2,2H3;3*1H2;2H2,1H3;1H3;2*1H4. The number of halogens is 22. The van der Waals surface area contributed by atoms with Crippen molar-refractivity contribution in [3.05, 3.63) is 202 Å². The second-order valence-electron chi connectivity index (χ2n) is 25.2. The molecule has 0 aliphatic carbocycles. The Morgan fingerprint density at radius 1 is 0.387 bits per heavy atom. The van der Waals surface area contributed by atoms with Crippen molar-refractivity contribution in [2.24, 2.45) is 5.41 Å². The maximum absolute atomic E-state index is 12.9. The molecule has 1 aromatic rings. The van der Waals surface area contributed by atoms with Crippen molar-refractivity contribution in [3.8, 4) is 5.75 Å². The summed E-state index contributed by atoms with van der Waals surface area (Å²) in [4.78, 5) is 147. The monoisotopic (exact) mass is 2090 g/mol. The molecule has 0 amide bonds. The van der Waals surface area contributed by atoms with Gasteiger partial charge in [-0.05, 0) is 210 Å². The molecule has 0 aliphatic rings. The second kappa shape index (κ2) is 104. The number of benzene rings is 1. The van der Waals surface area contributed by atoms with Gasteiger partial charge in [0.2, 0.25) is 5.83 Å². The minimum atomic E-state index is -5.53. The van der Waals surface area contributed by atoms with Gasteiger partial charge in [0.25, 0.3) is 0 Å². The van der Waals surface area contributed by atoms with Gasteiger partial charge in [0, 0.05) is 35.5 Å². The number of alkyl halides is 19. The molecule has 0 aliphatic heterocycles. The molecule has 0 heterocycles. The number of ketones is 4. The van der Waals surface area contributed by atoms with Crippen LogP contribution in [0.2, 0.25) is 0 Å². The summed E-state index contributed by atoms with van der Waals surface area (Å²) in [6.07, 6.45) is -24.1. The van der Waals surface area contributed by atoms with Crippen molar-refractivity contribution in [2.75, 3.05) is 79.9 Å². The van der Waals surface area contributed by atoms with E-state index in [-0.39, 0.29) is 107 Å². The van der Waals surface area contributed by atoms with E-state index in [1.165, 1.54) is 58.5 Å². The summed E-state index contributed by atoms with van der Waals surface area (Å²) in [5.74, 6) is -3.23. The lowest BCUT2D eigenvalue weighted by molar-refractivity contribution is -0.345. The maximum atomic E-state index is 12.9. The van der Waals surface area contributed by atoms with Crippen LogP contribution in [0.4, 0.5) is 96.9 Å². The van der Waals surface area contributed by atoms with Crippen LogP contribution in [0.5, 0.6) is 5.75 Å². The second-order valence-corrected chi connectivity index (χ2v) is 25.2. The van der Waals surface area contributed by atoms with E-state index in [4.69, 9.17) is 28.6 Å². The first-order valence-corrected chi connectivity index (χ1v) is 39.3. The Kier molecular flexibility index (Phi) is 126. The lowest BCUT2D eigenvalue weighted by Gasteiger charge is -2.34. The van der Waals surface area contributed by atoms with E-state index in [0.717, 1.165) is 56.9 Å². The van der Waals surface area contributed by atoms with Crippen LogP contribution in [0.25, 0.3) is 0 Å². The van der Waals surface area contributed by atoms with Gasteiger partial charge in [-0.15, -0.1) is 0 Å². The van der Waals surface area contributed by atoms with Crippen LogP contribution in [0.15, 0.2) is 197 Å². The fraction of sp³-hybridized carbons (Fsp3) is 0.495. The van der Waals surface area contributed by atoms with E-state index in [1.54, 1.807) is 48.5 Å². The predicted octanol–water partition coefficient (Wildman–Crippen LogP) is 24.4. The fourth-order valence-electron chi connectivity index (χ4n) is 4.41. The normalized spacial score (nSPS) is 9.68. The molecular formula is C95H136F22O25. The van der Waals surface area contributed by atoms with Crippen LogP contribution in [0.1, 0.15) is 184 Å². The van der Waals surface area contributed by atoms with Crippen LogP contribution in [-0.4, -0.2) is 206 Å². The van der Waals surface area contributed by atoms with Crippen molar-refractivity contribution < 1.29 is 216 Å². The van der Waals surface area contributed by atoms with Gasteiger partial charge in [0.15, 0.2) is 51.8 Å². The molecule has 0 saturated heterocycles. The molecule has 1 atom stereocenters. The number of Topliss-reactive ketones (excluding diaryl/α,β-unsaturated/α-hetero) is 3. The van der Waals surface area contributed by atoms with E-state index < -0.39 is 120 Å². The zero-order valence-corrected chi connectivity index (χ0v) is 81.9. The quantitative estimate of drug-likeness (QED) is 0.00922. The number of allylic oxidation sites excluding steroid dienone is 4. The van der Waals surface area contributed by atoms with E-state index in [1.807, 2.05) is 44.9 Å². The van der Waals surface area contributed by atoms with Gasteiger partial charge >= 0.3 is 78.8 Å². The van der Waals surface area contributed by atoms with Crippen molar-refractivity contribution in [1.29, 1.82) is 0 Å². The van der Waals surface area contributed by atoms with Gasteiger partial charge in [0.1, 0.15) is 24.5 Å². The number of hydrogen-bond acceptors (Lipinski definition) is 25. The van der Waals surface area contributed by atoms with Crippen molar-refractivity contribution in [3.63, 3.8) is 0 Å². The average Bonchev–Trinajstić information content (AvgIpc) is 0.743. The summed E-state index contributed by atoms with van der Waals surface area (Å²) < 4.78 is 305. The number of esters is 7. The Morgan fingerprint density at radius 2 is 0.669 bits per heavy atom. The van der Waals surface area contributed by atoms with Crippen LogP contribution in [0.3, 0.4) is 0 Å². The van der Waals surface area contributed by atoms with Crippen LogP contribution >= 0.6 is 0 Å². The molecule has 820 valence electrons.